The van der Waals surface area contributed by atoms with Crippen molar-refractivity contribution in [3.05, 3.63) is 54.6 Å². The lowest BCUT2D eigenvalue weighted by molar-refractivity contribution is -0.122. The fourth-order valence-corrected chi connectivity index (χ4v) is 3.85. The second-order valence-electron chi connectivity index (χ2n) is 5.55. The summed E-state index contributed by atoms with van der Waals surface area (Å²) in [7, 11) is -3.58. The average Bonchev–Trinajstić information content (AvgIpc) is 2.58. The maximum Gasteiger partial charge on any atom is 0.240 e. The molecule has 1 saturated heterocycles. The molecule has 2 N–H and O–H groups in total. The van der Waals surface area contributed by atoms with E-state index in [0.29, 0.717) is 19.4 Å². The number of benzene rings is 2. The first-order valence-electron chi connectivity index (χ1n) is 7.49. The molecule has 1 heterocycles. The molecule has 1 fully saturated rings. The topological polar surface area (TPSA) is 75.3 Å². The predicted molar refractivity (Wildman–Crippen MR) is 88.2 cm³/mol. The van der Waals surface area contributed by atoms with Gasteiger partial charge in [0.25, 0.3) is 0 Å². The number of amides is 1. The van der Waals surface area contributed by atoms with Gasteiger partial charge in [0.15, 0.2) is 0 Å². The molecule has 3 rings (SSSR count). The molecule has 1 unspecified atom stereocenters. The molecule has 1 amide bonds. The lowest BCUT2D eigenvalue weighted by Gasteiger charge is -2.23. The molecule has 2 aromatic carbocycles. The van der Waals surface area contributed by atoms with Crippen LogP contribution in [-0.4, -0.2) is 26.9 Å². The predicted octanol–water partition coefficient (Wildman–Crippen LogP) is 1.91. The maximum absolute atomic E-state index is 12.4. The van der Waals surface area contributed by atoms with Crippen molar-refractivity contribution in [3.63, 3.8) is 0 Å². The van der Waals surface area contributed by atoms with Crippen LogP contribution in [0.25, 0.3) is 11.1 Å². The van der Waals surface area contributed by atoms with E-state index in [9.17, 15) is 13.2 Å². The summed E-state index contributed by atoms with van der Waals surface area (Å²) < 4.78 is 27.5. The van der Waals surface area contributed by atoms with Gasteiger partial charge >= 0.3 is 0 Å². The molecule has 0 saturated carbocycles. The van der Waals surface area contributed by atoms with Crippen molar-refractivity contribution in [2.45, 2.75) is 23.8 Å². The summed E-state index contributed by atoms with van der Waals surface area (Å²) in [4.78, 5) is 11.4. The van der Waals surface area contributed by atoms with Gasteiger partial charge in [0.2, 0.25) is 15.9 Å². The van der Waals surface area contributed by atoms with Crippen LogP contribution < -0.4 is 10.0 Å². The van der Waals surface area contributed by atoms with Gasteiger partial charge in [0.1, 0.15) is 0 Å². The molecule has 0 bridgehead atoms. The first kappa shape index (κ1) is 15.7. The van der Waals surface area contributed by atoms with Crippen molar-refractivity contribution < 1.29 is 13.2 Å². The first-order chi connectivity index (χ1) is 11.0. The highest BCUT2D eigenvalue weighted by Crippen LogP contribution is 2.21. The molecular weight excluding hydrogens is 312 g/mol. The largest absolute Gasteiger partial charge is 0.355 e. The van der Waals surface area contributed by atoms with Crippen molar-refractivity contribution in [3.8, 4) is 11.1 Å². The van der Waals surface area contributed by atoms with Crippen LogP contribution in [0.5, 0.6) is 0 Å². The number of sulfonamides is 1. The number of carbonyl (C=O) groups is 1. The molecule has 5 nitrogen and oxygen atoms in total. The Morgan fingerprint density at radius 2 is 1.61 bits per heavy atom. The Balaban J connectivity index is 1.74. The molecule has 1 aliphatic heterocycles. The van der Waals surface area contributed by atoms with Crippen LogP contribution in [0, 0.1) is 0 Å². The monoisotopic (exact) mass is 330 g/mol. The second kappa shape index (κ2) is 6.52. The van der Waals surface area contributed by atoms with E-state index in [0.717, 1.165) is 11.1 Å². The van der Waals surface area contributed by atoms with Gasteiger partial charge in [-0.05, 0) is 29.7 Å². The van der Waals surface area contributed by atoms with E-state index < -0.39 is 10.0 Å². The van der Waals surface area contributed by atoms with Gasteiger partial charge in [0.05, 0.1) is 4.90 Å². The zero-order chi connectivity index (χ0) is 16.3. The number of hydrogen-bond donors (Lipinski definition) is 2. The zero-order valence-electron chi connectivity index (χ0n) is 12.5. The molecule has 1 aliphatic rings. The normalized spacial score (nSPS) is 18.4. The first-order valence-corrected chi connectivity index (χ1v) is 8.97. The van der Waals surface area contributed by atoms with Crippen LogP contribution in [0.3, 0.4) is 0 Å². The molecular formula is C17H18N2O3S. The fraction of sp³-hybridized carbons (Fsp3) is 0.235. The van der Waals surface area contributed by atoms with Crippen molar-refractivity contribution in [1.82, 2.24) is 10.0 Å². The van der Waals surface area contributed by atoms with E-state index in [2.05, 4.69) is 10.0 Å². The van der Waals surface area contributed by atoms with Gasteiger partial charge in [-0.15, -0.1) is 0 Å². The third-order valence-corrected chi connectivity index (χ3v) is 5.40. The summed E-state index contributed by atoms with van der Waals surface area (Å²) in [6, 6.07) is 16.3. The molecule has 6 heteroatoms. The van der Waals surface area contributed by atoms with Gasteiger partial charge in [-0.25, -0.2) is 13.1 Å². The third kappa shape index (κ3) is 3.78. The summed E-state index contributed by atoms with van der Waals surface area (Å²) in [5.41, 5.74) is 2.01. The lowest BCUT2D eigenvalue weighted by atomic mass is 10.1. The number of hydrogen-bond acceptors (Lipinski definition) is 3. The molecule has 0 radical (unpaired) electrons. The smallest absolute Gasteiger partial charge is 0.240 e. The Kier molecular flexibility index (Phi) is 4.45. The highest BCUT2D eigenvalue weighted by atomic mass is 32.2. The van der Waals surface area contributed by atoms with Crippen molar-refractivity contribution in [2.75, 3.05) is 6.54 Å². The standard InChI is InChI=1S/C17H18N2O3S/c20-17-11-8-15(12-18-17)19-23(21,22)16-9-6-14(7-10-16)13-4-2-1-3-5-13/h1-7,9-10,15,19H,8,11-12H2,(H,18,20). The van der Waals surface area contributed by atoms with Crippen LogP contribution in [0.2, 0.25) is 0 Å². The van der Waals surface area contributed by atoms with Gasteiger partial charge in [-0.1, -0.05) is 42.5 Å². The van der Waals surface area contributed by atoms with Gasteiger partial charge in [-0.3, -0.25) is 4.79 Å². The summed E-state index contributed by atoms with van der Waals surface area (Å²) in [6.07, 6.45) is 0.868. The van der Waals surface area contributed by atoms with Crippen LogP contribution in [0.1, 0.15) is 12.8 Å². The maximum atomic E-state index is 12.4. The van der Waals surface area contributed by atoms with E-state index in [4.69, 9.17) is 0 Å². The van der Waals surface area contributed by atoms with Gasteiger partial charge < -0.3 is 5.32 Å². The molecule has 120 valence electrons. The molecule has 2 aromatic rings. The fourth-order valence-electron chi connectivity index (χ4n) is 2.58. The van der Waals surface area contributed by atoms with Crippen molar-refractivity contribution in [1.29, 1.82) is 0 Å². The summed E-state index contributed by atoms with van der Waals surface area (Å²) in [6.45, 7) is 0.333. The number of carbonyl (C=O) groups excluding carboxylic acids is 1. The number of rotatable bonds is 4. The molecule has 0 spiro atoms. The molecule has 0 aliphatic carbocycles. The van der Waals surface area contributed by atoms with E-state index in [-0.39, 0.29) is 16.8 Å². The minimum absolute atomic E-state index is 0.0346. The van der Waals surface area contributed by atoms with Crippen molar-refractivity contribution in [2.24, 2.45) is 0 Å². The number of piperidine rings is 1. The second-order valence-corrected chi connectivity index (χ2v) is 7.27. The Labute approximate surface area is 135 Å². The minimum Gasteiger partial charge on any atom is -0.355 e. The Bertz CT molecular complexity index is 776. The van der Waals surface area contributed by atoms with Gasteiger partial charge in [-0.2, -0.15) is 0 Å². The highest BCUT2D eigenvalue weighted by Gasteiger charge is 2.24. The quantitative estimate of drug-likeness (QED) is 0.899. The highest BCUT2D eigenvalue weighted by molar-refractivity contribution is 7.89. The van der Waals surface area contributed by atoms with E-state index >= 15 is 0 Å². The van der Waals surface area contributed by atoms with E-state index in [1.807, 2.05) is 30.3 Å². The Hall–Kier alpha value is -2.18. The van der Waals surface area contributed by atoms with Gasteiger partial charge in [0, 0.05) is 19.0 Å². The van der Waals surface area contributed by atoms with Crippen LogP contribution in [-0.2, 0) is 14.8 Å². The number of nitrogens with one attached hydrogen (secondary N) is 2. The molecule has 23 heavy (non-hydrogen) atoms. The van der Waals surface area contributed by atoms with E-state index in [1.54, 1.807) is 24.3 Å². The van der Waals surface area contributed by atoms with Crippen LogP contribution >= 0.6 is 0 Å². The van der Waals surface area contributed by atoms with Crippen molar-refractivity contribution >= 4 is 15.9 Å². The van der Waals surface area contributed by atoms with Crippen LogP contribution in [0.15, 0.2) is 59.5 Å². The summed E-state index contributed by atoms with van der Waals surface area (Å²) >= 11 is 0. The minimum atomic E-state index is -3.58. The zero-order valence-corrected chi connectivity index (χ0v) is 13.3. The van der Waals surface area contributed by atoms with E-state index in [1.165, 1.54) is 0 Å². The molecule has 0 aromatic heterocycles. The SMILES string of the molecule is O=C1CCC(NS(=O)(=O)c2ccc(-c3ccccc3)cc2)CN1. The summed E-state index contributed by atoms with van der Waals surface area (Å²) in [5.74, 6) is -0.0346. The molecule has 1 atom stereocenters. The Morgan fingerprint density at radius 1 is 0.957 bits per heavy atom. The average molecular weight is 330 g/mol. The lowest BCUT2D eigenvalue weighted by Crippen LogP contribution is -2.47. The summed E-state index contributed by atoms with van der Waals surface area (Å²) in [5, 5.41) is 2.67. The Morgan fingerprint density at radius 3 is 2.22 bits per heavy atom. The van der Waals surface area contributed by atoms with Crippen LogP contribution in [0.4, 0.5) is 0 Å². The third-order valence-electron chi connectivity index (χ3n) is 3.86.